The molecule has 5 nitrogen and oxygen atoms in total. The van der Waals surface area contributed by atoms with Gasteiger partial charge in [-0.1, -0.05) is 41.4 Å². The zero-order valence-corrected chi connectivity index (χ0v) is 20.0. The van der Waals surface area contributed by atoms with Crippen LogP contribution in [-0.2, 0) is 11.4 Å². The summed E-state index contributed by atoms with van der Waals surface area (Å²) in [6.45, 7) is 2.79. The van der Waals surface area contributed by atoms with Gasteiger partial charge in [0.05, 0.1) is 17.2 Å². The van der Waals surface area contributed by atoms with E-state index in [-0.39, 0.29) is 5.91 Å². The molecule has 0 radical (unpaired) electrons. The summed E-state index contributed by atoms with van der Waals surface area (Å²) in [6.07, 6.45) is 1.80. The number of carbonyl (C=O) groups is 1. The number of benzene rings is 3. The van der Waals surface area contributed by atoms with Gasteiger partial charge in [0, 0.05) is 10.0 Å². The molecule has 4 rings (SSSR count). The molecule has 3 aromatic rings. The first-order chi connectivity index (χ1) is 16.0. The van der Waals surface area contributed by atoms with E-state index in [4.69, 9.17) is 32.7 Å². The highest BCUT2D eigenvalue weighted by Gasteiger charge is 2.24. The SMILES string of the molecule is CCOc1cc(/C=C2\SC(=Nc3ccc(Cl)cc3)NC2=O)ccc1OCc1ccc(Cl)cc1. The summed E-state index contributed by atoms with van der Waals surface area (Å²) in [5.74, 6) is 1.04. The van der Waals surface area contributed by atoms with Crippen LogP contribution in [0.25, 0.3) is 6.08 Å². The Balaban J connectivity index is 1.49. The summed E-state index contributed by atoms with van der Waals surface area (Å²) in [6, 6.07) is 20.2. The van der Waals surface area contributed by atoms with Crippen molar-refractivity contribution in [3.05, 3.63) is 92.8 Å². The predicted octanol–water partition coefficient (Wildman–Crippen LogP) is 6.86. The molecule has 3 aromatic carbocycles. The fourth-order valence-electron chi connectivity index (χ4n) is 3.01. The number of hydrogen-bond donors (Lipinski definition) is 1. The molecule has 0 aliphatic carbocycles. The fraction of sp³-hybridized carbons (Fsp3) is 0.120. The van der Waals surface area contributed by atoms with Crippen LogP contribution in [0.3, 0.4) is 0 Å². The molecule has 0 aromatic heterocycles. The number of carbonyl (C=O) groups excluding carboxylic acids is 1. The van der Waals surface area contributed by atoms with E-state index in [2.05, 4.69) is 10.3 Å². The highest BCUT2D eigenvalue weighted by molar-refractivity contribution is 8.18. The van der Waals surface area contributed by atoms with Crippen LogP contribution in [0.4, 0.5) is 5.69 Å². The van der Waals surface area contributed by atoms with Crippen LogP contribution >= 0.6 is 35.0 Å². The van der Waals surface area contributed by atoms with Crippen LogP contribution in [-0.4, -0.2) is 17.7 Å². The Hall–Kier alpha value is -2.93. The second-order valence-corrected chi connectivity index (χ2v) is 8.92. The molecule has 1 aliphatic rings. The largest absolute Gasteiger partial charge is 0.490 e. The Morgan fingerprint density at radius 1 is 0.939 bits per heavy atom. The lowest BCUT2D eigenvalue weighted by molar-refractivity contribution is -0.115. The molecule has 8 heteroatoms. The van der Waals surface area contributed by atoms with E-state index in [9.17, 15) is 4.79 Å². The molecule has 33 heavy (non-hydrogen) atoms. The van der Waals surface area contributed by atoms with Crippen LogP contribution in [0.15, 0.2) is 76.6 Å². The van der Waals surface area contributed by atoms with Crippen molar-refractivity contribution < 1.29 is 14.3 Å². The maximum Gasteiger partial charge on any atom is 0.264 e. The smallest absolute Gasteiger partial charge is 0.264 e. The molecule has 1 heterocycles. The quantitative estimate of drug-likeness (QED) is 0.361. The maximum atomic E-state index is 12.4. The molecule has 1 fully saturated rings. The molecular weight excluding hydrogens is 479 g/mol. The predicted molar refractivity (Wildman–Crippen MR) is 136 cm³/mol. The number of ether oxygens (including phenoxy) is 2. The number of nitrogens with one attached hydrogen (secondary N) is 1. The monoisotopic (exact) mass is 498 g/mol. The van der Waals surface area contributed by atoms with Crippen molar-refractivity contribution in [2.24, 2.45) is 4.99 Å². The lowest BCUT2D eigenvalue weighted by Gasteiger charge is -2.13. The molecular formula is C25H20Cl2N2O3S. The van der Waals surface area contributed by atoms with Crippen molar-refractivity contribution in [3.8, 4) is 11.5 Å². The minimum atomic E-state index is -0.200. The maximum absolute atomic E-state index is 12.4. The normalized spacial score (nSPS) is 15.7. The van der Waals surface area contributed by atoms with Gasteiger partial charge in [0.1, 0.15) is 6.61 Å². The molecule has 0 bridgehead atoms. The van der Waals surface area contributed by atoms with E-state index >= 15 is 0 Å². The Labute approximate surface area is 206 Å². The number of nitrogens with zero attached hydrogens (tertiary/aromatic N) is 1. The summed E-state index contributed by atoms with van der Waals surface area (Å²) in [4.78, 5) is 17.4. The van der Waals surface area contributed by atoms with Gasteiger partial charge in [-0.3, -0.25) is 4.79 Å². The second-order valence-electron chi connectivity index (χ2n) is 7.01. The first-order valence-electron chi connectivity index (χ1n) is 10.2. The standard InChI is InChI=1S/C25H20Cl2N2O3S/c1-2-31-22-13-17(5-12-21(22)32-15-16-3-6-18(26)7-4-16)14-23-24(30)29-25(33-23)28-20-10-8-19(27)9-11-20/h3-14H,2,15H2,1H3,(H,28,29,30)/b23-14-. The van der Waals surface area contributed by atoms with Gasteiger partial charge in [-0.2, -0.15) is 0 Å². The second kappa shape index (κ2) is 10.8. The van der Waals surface area contributed by atoms with Crippen molar-refractivity contribution in [1.29, 1.82) is 0 Å². The summed E-state index contributed by atoms with van der Waals surface area (Å²) in [7, 11) is 0. The molecule has 1 amide bonds. The number of hydrogen-bond acceptors (Lipinski definition) is 5. The molecule has 1 N–H and O–H groups in total. The lowest BCUT2D eigenvalue weighted by Crippen LogP contribution is -2.19. The lowest BCUT2D eigenvalue weighted by atomic mass is 10.2. The van der Waals surface area contributed by atoms with Crippen LogP contribution in [0, 0.1) is 0 Å². The molecule has 0 saturated carbocycles. The highest BCUT2D eigenvalue weighted by atomic mass is 35.5. The van der Waals surface area contributed by atoms with E-state index in [0.29, 0.717) is 50.5 Å². The number of amides is 1. The third kappa shape index (κ3) is 6.32. The van der Waals surface area contributed by atoms with E-state index in [1.54, 1.807) is 30.3 Å². The Morgan fingerprint density at radius 3 is 2.33 bits per heavy atom. The summed E-state index contributed by atoms with van der Waals surface area (Å²) in [5.41, 5.74) is 2.53. The van der Waals surface area contributed by atoms with Crippen molar-refractivity contribution in [2.75, 3.05) is 6.61 Å². The highest BCUT2D eigenvalue weighted by Crippen LogP contribution is 2.33. The molecule has 1 aliphatic heterocycles. The molecule has 168 valence electrons. The molecule has 0 spiro atoms. The van der Waals surface area contributed by atoms with Gasteiger partial charge in [0.2, 0.25) is 0 Å². The zero-order valence-electron chi connectivity index (χ0n) is 17.7. The molecule has 0 unspecified atom stereocenters. The number of thioether (sulfide) groups is 1. The van der Waals surface area contributed by atoms with Gasteiger partial charge < -0.3 is 14.8 Å². The minimum absolute atomic E-state index is 0.200. The number of aliphatic imine (C=N–C) groups is 1. The van der Waals surface area contributed by atoms with Crippen molar-refractivity contribution in [3.63, 3.8) is 0 Å². The molecule has 0 atom stereocenters. The van der Waals surface area contributed by atoms with Crippen LogP contribution in [0.2, 0.25) is 10.0 Å². The van der Waals surface area contributed by atoms with E-state index in [0.717, 1.165) is 11.1 Å². The summed E-state index contributed by atoms with van der Waals surface area (Å²) in [5, 5.41) is 4.62. The van der Waals surface area contributed by atoms with Crippen molar-refractivity contribution in [1.82, 2.24) is 5.32 Å². The average Bonchev–Trinajstić information content (AvgIpc) is 3.14. The number of halogens is 2. The van der Waals surface area contributed by atoms with E-state index in [1.807, 2.05) is 49.4 Å². The number of amidine groups is 1. The average molecular weight is 499 g/mol. The molecule has 1 saturated heterocycles. The first-order valence-corrected chi connectivity index (χ1v) is 11.8. The van der Waals surface area contributed by atoms with Gasteiger partial charge in [-0.25, -0.2) is 4.99 Å². The van der Waals surface area contributed by atoms with Gasteiger partial charge in [0.15, 0.2) is 16.7 Å². The van der Waals surface area contributed by atoms with Gasteiger partial charge in [-0.15, -0.1) is 0 Å². The van der Waals surface area contributed by atoms with Crippen molar-refractivity contribution >= 4 is 57.8 Å². The number of rotatable bonds is 7. The van der Waals surface area contributed by atoms with Crippen LogP contribution in [0.5, 0.6) is 11.5 Å². The Kier molecular flexibility index (Phi) is 7.60. The third-order valence-electron chi connectivity index (χ3n) is 4.58. The summed E-state index contributed by atoms with van der Waals surface area (Å²) >= 11 is 13.1. The van der Waals surface area contributed by atoms with E-state index < -0.39 is 0 Å². The van der Waals surface area contributed by atoms with E-state index in [1.165, 1.54) is 11.8 Å². The Bertz CT molecular complexity index is 1210. The van der Waals surface area contributed by atoms with Crippen LogP contribution in [0.1, 0.15) is 18.1 Å². The van der Waals surface area contributed by atoms with Crippen molar-refractivity contribution in [2.45, 2.75) is 13.5 Å². The Morgan fingerprint density at radius 2 is 1.64 bits per heavy atom. The van der Waals surface area contributed by atoms with Gasteiger partial charge in [0.25, 0.3) is 5.91 Å². The topological polar surface area (TPSA) is 59.9 Å². The summed E-state index contributed by atoms with van der Waals surface area (Å²) < 4.78 is 11.7. The van der Waals surface area contributed by atoms with Crippen LogP contribution < -0.4 is 14.8 Å². The first kappa shape index (κ1) is 23.2. The van der Waals surface area contributed by atoms with Gasteiger partial charge >= 0.3 is 0 Å². The third-order valence-corrected chi connectivity index (χ3v) is 5.99. The van der Waals surface area contributed by atoms with Gasteiger partial charge in [-0.05, 0) is 84.4 Å². The minimum Gasteiger partial charge on any atom is -0.490 e. The zero-order chi connectivity index (χ0) is 23.2. The fourth-order valence-corrected chi connectivity index (χ4v) is 4.10.